The molecule has 2 aliphatic carbocycles. The molecule has 7 heteroatoms. The summed E-state index contributed by atoms with van der Waals surface area (Å²) in [6.45, 7) is 7.96. The summed E-state index contributed by atoms with van der Waals surface area (Å²) >= 11 is 0. The number of pyridine rings is 2. The van der Waals surface area contributed by atoms with Gasteiger partial charge in [-0.25, -0.2) is 9.18 Å². The molecule has 6 nitrogen and oxygen atoms in total. The number of likely N-dealkylation sites (tertiary alicyclic amines) is 2. The molecule has 0 N–H and O–H groups in total. The van der Waals surface area contributed by atoms with Crippen molar-refractivity contribution in [3.63, 3.8) is 0 Å². The number of hydrogen-bond donors (Lipinski definition) is 0. The number of carbonyl (C=O) groups excluding carboxylic acids is 1. The number of benzene rings is 2. The van der Waals surface area contributed by atoms with Crippen molar-refractivity contribution >= 4 is 17.2 Å². The second-order valence-electron chi connectivity index (χ2n) is 13.9. The Morgan fingerprint density at radius 2 is 1.22 bits per heavy atom. The molecule has 2 fully saturated rings. The maximum Gasteiger partial charge on any atom is 0.409 e. The average Bonchev–Trinajstić information content (AvgIpc) is 3.40. The Labute approximate surface area is 295 Å². The monoisotopic (exact) mass is 670 g/mol. The summed E-state index contributed by atoms with van der Waals surface area (Å²) in [7, 11) is 2.16. The molecule has 0 unspecified atom stereocenters. The molecule has 0 radical (unpaired) electrons. The van der Waals surface area contributed by atoms with E-state index in [4.69, 9.17) is 9.72 Å². The molecule has 2 aromatic carbocycles. The van der Waals surface area contributed by atoms with Crippen molar-refractivity contribution in [1.29, 1.82) is 0 Å². The first kappa shape index (κ1) is 33.9. The number of piperidine rings is 2. The van der Waals surface area contributed by atoms with Crippen molar-refractivity contribution in [1.82, 2.24) is 19.8 Å². The predicted octanol–water partition coefficient (Wildman–Crippen LogP) is 8.39. The summed E-state index contributed by atoms with van der Waals surface area (Å²) in [4.78, 5) is 25.7. The molecule has 2 aliphatic heterocycles. The van der Waals surface area contributed by atoms with Gasteiger partial charge in [0.05, 0.1) is 18.0 Å². The number of aryl methyl sites for hydroxylation is 5. The van der Waals surface area contributed by atoms with Crippen LogP contribution in [0.5, 0.6) is 0 Å². The standard InChI is InChI=1S/C23H26N2O2.C20H21FN2/c1-3-27-23(26)25-13-10-18(11-14-25)21-20-15-16(2)6-7-17(20)8-9-19-5-4-12-24-22(19)21;1-23-11-8-15(9-12-23)19-18-13-17(21)7-6-14(18)4-5-16-3-2-10-22-20(16)19/h4-7,12,15H,3,8-11,13-14H2,1-2H3;2-3,6-7,10,13H,4-5,8-9,11-12H2,1H3. The highest BCUT2D eigenvalue weighted by Gasteiger charge is 2.27. The fourth-order valence-corrected chi connectivity index (χ4v) is 7.94. The van der Waals surface area contributed by atoms with Crippen LogP contribution in [0.2, 0.25) is 0 Å². The third kappa shape index (κ3) is 7.15. The van der Waals surface area contributed by atoms with Crippen LogP contribution in [0.3, 0.4) is 0 Å². The number of hydrogen-bond acceptors (Lipinski definition) is 5. The van der Waals surface area contributed by atoms with Gasteiger partial charge in [-0.1, -0.05) is 53.1 Å². The predicted molar refractivity (Wildman–Crippen MR) is 197 cm³/mol. The van der Waals surface area contributed by atoms with E-state index in [0.717, 1.165) is 81.4 Å². The first-order valence-corrected chi connectivity index (χ1v) is 18.2. The van der Waals surface area contributed by atoms with Crippen LogP contribution < -0.4 is 0 Å². The lowest BCUT2D eigenvalue weighted by Crippen LogP contribution is -2.37. The summed E-state index contributed by atoms with van der Waals surface area (Å²) in [6.07, 6.45) is 11.4. The van der Waals surface area contributed by atoms with Gasteiger partial charge in [0, 0.05) is 49.7 Å². The fourth-order valence-electron chi connectivity index (χ4n) is 7.94. The number of fused-ring (bicyclic) bond motifs is 4. The lowest BCUT2D eigenvalue weighted by molar-refractivity contribution is 0.104. The quantitative estimate of drug-likeness (QED) is 0.204. The van der Waals surface area contributed by atoms with E-state index in [2.05, 4.69) is 54.2 Å². The van der Waals surface area contributed by atoms with E-state index in [-0.39, 0.29) is 11.9 Å². The molecule has 0 saturated carbocycles. The summed E-state index contributed by atoms with van der Waals surface area (Å²) in [6, 6.07) is 20.4. The van der Waals surface area contributed by atoms with Crippen LogP contribution in [0.4, 0.5) is 9.18 Å². The van der Waals surface area contributed by atoms with E-state index in [0.29, 0.717) is 19.7 Å². The Balaban J connectivity index is 0.000000159. The molecular weight excluding hydrogens is 623 g/mol. The minimum Gasteiger partial charge on any atom is -0.450 e. The van der Waals surface area contributed by atoms with Gasteiger partial charge in [0.2, 0.25) is 0 Å². The molecule has 0 bridgehead atoms. The Hall–Kier alpha value is -4.62. The van der Waals surface area contributed by atoms with Gasteiger partial charge in [0.15, 0.2) is 0 Å². The second-order valence-corrected chi connectivity index (χ2v) is 13.9. The van der Waals surface area contributed by atoms with Gasteiger partial charge in [0.25, 0.3) is 0 Å². The van der Waals surface area contributed by atoms with Crippen LogP contribution in [0, 0.1) is 12.7 Å². The van der Waals surface area contributed by atoms with Crippen molar-refractivity contribution in [2.45, 2.75) is 65.2 Å². The molecule has 1 amide bonds. The maximum absolute atomic E-state index is 14.0. The van der Waals surface area contributed by atoms with Crippen LogP contribution in [-0.4, -0.2) is 65.7 Å². The van der Waals surface area contributed by atoms with Crippen molar-refractivity contribution in [2.75, 3.05) is 39.8 Å². The molecule has 258 valence electrons. The number of halogens is 1. The first-order chi connectivity index (χ1) is 24.4. The smallest absolute Gasteiger partial charge is 0.409 e. The molecule has 2 saturated heterocycles. The Morgan fingerprint density at radius 1 is 0.700 bits per heavy atom. The SMILES string of the molecule is CCOC(=O)N1CCC(=C2c3cc(C)ccc3CCc3cccnc32)CC1.CN1CCC(=C2c3cc(F)ccc3CCc3cccnc32)CC1. The molecular formula is C43H47FN4O2. The van der Waals surface area contributed by atoms with Gasteiger partial charge in [0.1, 0.15) is 5.82 Å². The molecule has 4 heterocycles. The summed E-state index contributed by atoms with van der Waals surface area (Å²) in [5.41, 5.74) is 16.4. The number of ether oxygens (including phenoxy) is 1. The zero-order valence-electron chi connectivity index (χ0n) is 29.6. The molecule has 8 rings (SSSR count). The number of carbonyl (C=O) groups is 1. The Morgan fingerprint density at radius 3 is 1.80 bits per heavy atom. The topological polar surface area (TPSA) is 58.6 Å². The van der Waals surface area contributed by atoms with Gasteiger partial charge in [-0.05, 0) is 130 Å². The van der Waals surface area contributed by atoms with Crippen molar-refractivity contribution < 1.29 is 13.9 Å². The van der Waals surface area contributed by atoms with Gasteiger partial charge >= 0.3 is 6.09 Å². The normalized spacial score (nSPS) is 17.3. The van der Waals surface area contributed by atoms with Crippen molar-refractivity contribution in [3.8, 4) is 0 Å². The lowest BCUT2D eigenvalue weighted by atomic mass is 9.88. The first-order valence-electron chi connectivity index (χ1n) is 18.2. The van der Waals surface area contributed by atoms with Crippen LogP contribution in [-0.2, 0) is 30.4 Å². The molecule has 4 aromatic rings. The van der Waals surface area contributed by atoms with Gasteiger partial charge in [-0.15, -0.1) is 0 Å². The molecule has 0 spiro atoms. The van der Waals surface area contributed by atoms with E-state index >= 15 is 0 Å². The number of aromatic nitrogens is 2. The van der Waals surface area contributed by atoms with E-state index in [1.54, 1.807) is 12.1 Å². The van der Waals surface area contributed by atoms with Crippen LogP contribution in [0.15, 0.2) is 84.2 Å². The average molecular weight is 671 g/mol. The van der Waals surface area contributed by atoms with Crippen LogP contribution >= 0.6 is 0 Å². The highest BCUT2D eigenvalue weighted by atomic mass is 19.1. The zero-order chi connectivity index (χ0) is 34.6. The van der Waals surface area contributed by atoms with Crippen molar-refractivity contribution in [3.05, 3.63) is 140 Å². The summed E-state index contributed by atoms with van der Waals surface area (Å²) in [5, 5.41) is 0. The fraction of sp³-hybridized carbons (Fsp3) is 0.372. The highest BCUT2D eigenvalue weighted by molar-refractivity contribution is 5.85. The summed E-state index contributed by atoms with van der Waals surface area (Å²) in [5.74, 6) is -0.158. The van der Waals surface area contributed by atoms with E-state index in [9.17, 15) is 9.18 Å². The van der Waals surface area contributed by atoms with E-state index in [1.165, 1.54) is 55.7 Å². The van der Waals surface area contributed by atoms with Gasteiger partial charge in [-0.2, -0.15) is 0 Å². The Kier molecular flexibility index (Phi) is 10.2. The van der Waals surface area contributed by atoms with E-state index < -0.39 is 0 Å². The van der Waals surface area contributed by atoms with Gasteiger partial charge < -0.3 is 14.5 Å². The third-order valence-electron chi connectivity index (χ3n) is 10.7. The molecule has 50 heavy (non-hydrogen) atoms. The Bertz CT molecular complexity index is 1940. The molecule has 4 aliphatic rings. The lowest BCUT2D eigenvalue weighted by Gasteiger charge is -2.29. The highest BCUT2D eigenvalue weighted by Crippen LogP contribution is 2.39. The van der Waals surface area contributed by atoms with Crippen LogP contribution in [0.25, 0.3) is 11.1 Å². The zero-order valence-corrected chi connectivity index (χ0v) is 29.6. The molecule has 0 atom stereocenters. The van der Waals surface area contributed by atoms with Crippen LogP contribution in [0.1, 0.15) is 82.9 Å². The minimum atomic E-state index is -0.197. The number of nitrogens with zero attached hydrogens (tertiary/aromatic N) is 4. The number of amides is 1. The largest absolute Gasteiger partial charge is 0.450 e. The van der Waals surface area contributed by atoms with Gasteiger partial charge in [-0.3, -0.25) is 9.97 Å². The maximum atomic E-state index is 14.0. The molecule has 2 aromatic heterocycles. The second kappa shape index (κ2) is 15.1. The third-order valence-corrected chi connectivity index (χ3v) is 10.7. The summed E-state index contributed by atoms with van der Waals surface area (Å²) < 4.78 is 19.1. The number of rotatable bonds is 1. The minimum absolute atomic E-state index is 0.158. The van der Waals surface area contributed by atoms with E-state index in [1.807, 2.05) is 42.4 Å². The van der Waals surface area contributed by atoms with Crippen molar-refractivity contribution in [2.24, 2.45) is 0 Å².